The largest absolute Gasteiger partial charge is 0.444 e. The van der Waals surface area contributed by atoms with Crippen LogP contribution < -0.4 is 16.4 Å². The Hall–Kier alpha value is -3.43. The fraction of sp³-hybridized carbons (Fsp3) is 0.667. The lowest BCUT2D eigenvalue weighted by molar-refractivity contribution is -0.137. The Balaban J connectivity index is 1.81. The molecule has 0 bridgehead atoms. The van der Waals surface area contributed by atoms with E-state index in [9.17, 15) is 24.0 Å². The summed E-state index contributed by atoms with van der Waals surface area (Å²) in [4.78, 5) is 64.8. The van der Waals surface area contributed by atoms with Crippen molar-refractivity contribution in [3.63, 3.8) is 0 Å². The van der Waals surface area contributed by atoms with E-state index in [1.807, 2.05) is 20.8 Å². The number of carbonyl (C=O) groups excluding carboxylic acids is 5. The topological polar surface area (TPSA) is 179 Å². The lowest BCUT2D eigenvalue weighted by atomic mass is 10.0. The van der Waals surface area contributed by atoms with Crippen LogP contribution in [0.25, 0.3) is 0 Å². The van der Waals surface area contributed by atoms with Gasteiger partial charge in [0.1, 0.15) is 11.9 Å². The molecule has 1 aromatic rings. The van der Waals surface area contributed by atoms with E-state index in [4.69, 9.17) is 24.7 Å². The average Bonchev–Trinajstić information content (AvgIpc) is 3.00. The van der Waals surface area contributed by atoms with Gasteiger partial charge in [-0.25, -0.2) is 4.79 Å². The summed E-state index contributed by atoms with van der Waals surface area (Å²) < 4.78 is 21.9. The molecule has 1 unspecified atom stereocenters. The molecular weight excluding hydrogens is 610 g/mol. The van der Waals surface area contributed by atoms with E-state index < -0.39 is 17.7 Å². The van der Waals surface area contributed by atoms with Crippen LogP contribution in [0.3, 0.4) is 0 Å². The number of amides is 4. The number of nitrogens with two attached hydrogens (primary N) is 1. The third-order valence-electron chi connectivity index (χ3n) is 7.26. The van der Waals surface area contributed by atoms with Gasteiger partial charge in [0.15, 0.2) is 0 Å². The number of nitrogens with zero attached hydrogens (tertiary/aromatic N) is 2. The normalized spacial score (nSPS) is 15.0. The molecule has 2 rings (SSSR count). The van der Waals surface area contributed by atoms with E-state index in [-0.39, 0.29) is 37.1 Å². The number of benzene rings is 1. The highest BCUT2D eigenvalue weighted by Gasteiger charge is 2.30. The fourth-order valence-corrected chi connectivity index (χ4v) is 4.87. The molecule has 14 heteroatoms. The molecule has 1 aliphatic heterocycles. The molecule has 14 nitrogen and oxygen atoms in total. The van der Waals surface area contributed by atoms with Crippen molar-refractivity contribution in [3.05, 3.63) is 29.3 Å². The van der Waals surface area contributed by atoms with Crippen LogP contribution in [0.5, 0.6) is 0 Å². The summed E-state index contributed by atoms with van der Waals surface area (Å²) in [5, 5.41) is 5.26. The number of imide groups is 1. The van der Waals surface area contributed by atoms with Crippen molar-refractivity contribution < 1.29 is 42.9 Å². The van der Waals surface area contributed by atoms with E-state index in [0.717, 1.165) is 6.29 Å². The van der Waals surface area contributed by atoms with Crippen LogP contribution >= 0.6 is 0 Å². The number of ether oxygens (including phenoxy) is 4. The maximum atomic E-state index is 12.9. The van der Waals surface area contributed by atoms with Crippen LogP contribution in [0.2, 0.25) is 0 Å². The van der Waals surface area contributed by atoms with Crippen molar-refractivity contribution in [2.24, 2.45) is 5.73 Å². The number of unbranched alkanes of at least 4 members (excludes halogenated alkanes) is 2. The highest BCUT2D eigenvalue weighted by molar-refractivity contribution is 6.00. The van der Waals surface area contributed by atoms with Gasteiger partial charge in [-0.1, -0.05) is 18.6 Å². The van der Waals surface area contributed by atoms with Crippen LogP contribution in [0.1, 0.15) is 75.2 Å². The molecular formula is C33H53N5O9. The summed E-state index contributed by atoms with van der Waals surface area (Å²) in [5.41, 5.74) is 6.25. The molecule has 1 atom stereocenters. The molecule has 0 spiro atoms. The maximum Gasteiger partial charge on any atom is 0.410 e. The third-order valence-corrected chi connectivity index (χ3v) is 7.26. The fourth-order valence-electron chi connectivity index (χ4n) is 4.87. The molecule has 0 aromatic heterocycles. The Morgan fingerprint density at radius 2 is 1.68 bits per heavy atom. The van der Waals surface area contributed by atoms with Crippen molar-refractivity contribution in [1.82, 2.24) is 15.1 Å². The number of piperidine rings is 1. The average molecular weight is 664 g/mol. The first kappa shape index (κ1) is 39.7. The minimum Gasteiger partial charge on any atom is -0.444 e. The molecule has 1 aliphatic rings. The van der Waals surface area contributed by atoms with E-state index in [2.05, 4.69) is 10.6 Å². The molecule has 1 fully saturated rings. The summed E-state index contributed by atoms with van der Waals surface area (Å²) >= 11 is 0. The van der Waals surface area contributed by atoms with Crippen molar-refractivity contribution >= 4 is 35.8 Å². The molecule has 0 aliphatic carbocycles. The van der Waals surface area contributed by atoms with E-state index in [0.29, 0.717) is 102 Å². The second-order valence-electron chi connectivity index (χ2n) is 12.3. The molecule has 264 valence electrons. The zero-order valence-corrected chi connectivity index (χ0v) is 28.3. The van der Waals surface area contributed by atoms with E-state index in [1.165, 1.54) is 0 Å². The maximum absolute atomic E-state index is 12.9. The zero-order valence-electron chi connectivity index (χ0n) is 28.3. The Kier molecular flexibility index (Phi) is 18.1. The highest BCUT2D eigenvalue weighted by atomic mass is 16.6. The Morgan fingerprint density at radius 1 is 1.00 bits per heavy atom. The van der Waals surface area contributed by atoms with E-state index in [1.54, 1.807) is 35.0 Å². The van der Waals surface area contributed by atoms with Gasteiger partial charge in [0.25, 0.3) is 0 Å². The SMILES string of the molecule is CN(Cc1c(C=O)cccc1NC(=O)CCCCCN(CCOCCOCCOCCN)C(=O)OC(C)(C)C)C1CCC(=O)NC1=O. The molecule has 0 saturated carbocycles. The first-order valence-corrected chi connectivity index (χ1v) is 16.3. The first-order valence-electron chi connectivity index (χ1n) is 16.3. The molecule has 1 aromatic carbocycles. The minimum atomic E-state index is -0.634. The summed E-state index contributed by atoms with van der Waals surface area (Å²) in [6, 6.07) is 4.56. The van der Waals surface area contributed by atoms with Gasteiger partial charge in [-0.15, -0.1) is 0 Å². The van der Waals surface area contributed by atoms with Crippen LogP contribution in [0, 0.1) is 0 Å². The smallest absolute Gasteiger partial charge is 0.410 e. The van der Waals surface area contributed by atoms with Gasteiger partial charge in [-0.2, -0.15) is 0 Å². The molecule has 47 heavy (non-hydrogen) atoms. The van der Waals surface area contributed by atoms with Gasteiger partial charge in [0, 0.05) is 55.8 Å². The minimum absolute atomic E-state index is 0.205. The van der Waals surface area contributed by atoms with E-state index >= 15 is 0 Å². The quantitative estimate of drug-likeness (QED) is 0.0943. The number of rotatable bonds is 22. The lowest BCUT2D eigenvalue weighted by Gasteiger charge is -2.30. The second-order valence-corrected chi connectivity index (χ2v) is 12.3. The lowest BCUT2D eigenvalue weighted by Crippen LogP contribution is -2.51. The van der Waals surface area contributed by atoms with Crippen LogP contribution in [-0.4, -0.2) is 118 Å². The number of likely N-dealkylation sites (N-methyl/N-ethyl adjacent to an activating group) is 1. The number of aldehydes is 1. The monoisotopic (exact) mass is 663 g/mol. The summed E-state index contributed by atoms with van der Waals surface area (Å²) in [5.74, 6) is -0.879. The van der Waals surface area contributed by atoms with Gasteiger partial charge in [0.05, 0.1) is 45.7 Å². The molecule has 1 heterocycles. The first-order chi connectivity index (χ1) is 22.4. The van der Waals surface area contributed by atoms with Gasteiger partial charge >= 0.3 is 6.09 Å². The summed E-state index contributed by atoms with van der Waals surface area (Å²) in [6.07, 6.45) is 3.14. The molecule has 0 radical (unpaired) electrons. The van der Waals surface area contributed by atoms with Crippen molar-refractivity contribution in [2.45, 2.75) is 77.5 Å². The van der Waals surface area contributed by atoms with Gasteiger partial charge in [-0.05, 0) is 53.1 Å². The van der Waals surface area contributed by atoms with Crippen LogP contribution in [-0.2, 0) is 39.9 Å². The van der Waals surface area contributed by atoms with Crippen LogP contribution in [0.15, 0.2) is 18.2 Å². The van der Waals surface area contributed by atoms with Gasteiger partial charge in [-0.3, -0.25) is 29.4 Å². The summed E-state index contributed by atoms with van der Waals surface area (Å²) in [7, 11) is 1.75. The van der Waals surface area contributed by atoms with Crippen molar-refractivity contribution in [2.75, 3.05) is 71.6 Å². The standard InChI is InChI=1S/C33H53N5O9/c1-33(2,3)47-32(43)38(16-18-45-20-22-46-21-19-44-17-14-34)15-7-5-6-11-29(40)35-27-10-8-9-25(24-39)26(27)23-37(4)28-12-13-30(41)36-31(28)42/h8-10,24,28H,5-7,11-23,34H2,1-4H3,(H,35,40)(H,36,41,42). The second kappa shape index (κ2) is 21.4. The number of hydrogen-bond donors (Lipinski definition) is 3. The van der Waals surface area contributed by atoms with Gasteiger partial charge < -0.3 is 34.9 Å². The number of nitrogens with one attached hydrogen (secondary N) is 2. The zero-order chi connectivity index (χ0) is 34.7. The van der Waals surface area contributed by atoms with Crippen LogP contribution in [0.4, 0.5) is 10.5 Å². The van der Waals surface area contributed by atoms with Crippen molar-refractivity contribution in [3.8, 4) is 0 Å². The highest BCUT2D eigenvalue weighted by Crippen LogP contribution is 2.24. The Morgan fingerprint density at radius 3 is 2.32 bits per heavy atom. The Labute approximate surface area is 278 Å². The molecule has 4 N–H and O–H groups in total. The third kappa shape index (κ3) is 15.8. The number of hydrogen-bond acceptors (Lipinski definition) is 11. The predicted octanol–water partition coefficient (Wildman–Crippen LogP) is 2.48. The number of anilines is 1. The summed E-state index contributed by atoms with van der Waals surface area (Å²) in [6.45, 7) is 9.53. The molecule has 4 amide bonds. The Bertz CT molecular complexity index is 1160. The number of carbonyl (C=O) groups is 5. The predicted molar refractivity (Wildman–Crippen MR) is 176 cm³/mol. The van der Waals surface area contributed by atoms with Crippen molar-refractivity contribution in [1.29, 1.82) is 0 Å². The van der Waals surface area contributed by atoms with Gasteiger partial charge in [0.2, 0.25) is 17.7 Å². The molecule has 1 saturated heterocycles.